The zero-order valence-electron chi connectivity index (χ0n) is 25.9. The van der Waals surface area contributed by atoms with Crippen molar-refractivity contribution in [1.82, 2.24) is 4.98 Å². The molecule has 4 rings (SSSR count). The van der Waals surface area contributed by atoms with Crippen LogP contribution in [0.2, 0.25) is 0 Å². The summed E-state index contributed by atoms with van der Waals surface area (Å²) < 4.78 is 12.4. The van der Waals surface area contributed by atoms with Crippen molar-refractivity contribution in [2.45, 2.75) is 92.9 Å². The van der Waals surface area contributed by atoms with Crippen LogP contribution in [0.4, 0.5) is 4.39 Å². The molecule has 210 valence electrons. The van der Waals surface area contributed by atoms with Gasteiger partial charge < -0.3 is 0 Å². The van der Waals surface area contributed by atoms with Crippen LogP contribution in [0.1, 0.15) is 113 Å². The van der Waals surface area contributed by atoms with E-state index in [-0.39, 0.29) is 5.82 Å². The summed E-state index contributed by atoms with van der Waals surface area (Å²) >= 11 is 0. The van der Waals surface area contributed by atoms with Crippen LogP contribution in [0.5, 0.6) is 0 Å². The molecule has 39 heavy (non-hydrogen) atoms. The van der Waals surface area contributed by atoms with Gasteiger partial charge in [-0.05, 0) is 78.5 Å². The second kappa shape index (κ2) is 18.1. The highest BCUT2D eigenvalue weighted by Gasteiger charge is 1.99. The van der Waals surface area contributed by atoms with Crippen LogP contribution < -0.4 is 0 Å². The number of halogens is 1. The first kappa shape index (κ1) is 33.8. The molecule has 0 amide bonds. The average Bonchev–Trinajstić information content (AvgIpc) is 2.90. The number of benzene rings is 3. The summed E-state index contributed by atoms with van der Waals surface area (Å²) in [7, 11) is 0. The minimum Gasteiger partial charge on any atom is -0.258 e. The van der Waals surface area contributed by atoms with E-state index in [2.05, 4.69) is 128 Å². The molecule has 0 N–H and O–H groups in total. The molecule has 0 aliphatic rings. The second-order valence-electron chi connectivity index (χ2n) is 11.2. The summed E-state index contributed by atoms with van der Waals surface area (Å²) in [5, 5.41) is 0. The summed E-state index contributed by atoms with van der Waals surface area (Å²) in [6.45, 7) is 21.5. The summed E-state index contributed by atoms with van der Waals surface area (Å²) in [4.78, 5) is 4.37. The van der Waals surface area contributed by atoms with Crippen molar-refractivity contribution in [2.75, 3.05) is 0 Å². The second-order valence-corrected chi connectivity index (χ2v) is 11.2. The van der Waals surface area contributed by atoms with Gasteiger partial charge in [-0.2, -0.15) is 0 Å². The summed E-state index contributed by atoms with van der Waals surface area (Å²) in [6.07, 6.45) is 0. The van der Waals surface area contributed by atoms with Crippen molar-refractivity contribution < 1.29 is 4.39 Å². The average molecular weight is 528 g/mol. The molecule has 0 atom stereocenters. The molecule has 1 nitrogen and oxygen atoms in total. The number of nitrogens with zero attached hydrogens (tertiary/aromatic N) is 1. The zero-order chi connectivity index (χ0) is 29.4. The van der Waals surface area contributed by atoms with Crippen molar-refractivity contribution in [3.8, 4) is 0 Å². The Morgan fingerprint density at radius 2 is 0.974 bits per heavy atom. The smallest absolute Gasteiger partial charge is 0.123 e. The maximum Gasteiger partial charge on any atom is 0.123 e. The highest BCUT2D eigenvalue weighted by atomic mass is 19.1. The van der Waals surface area contributed by atoms with Crippen LogP contribution in [0.3, 0.4) is 0 Å². The molecule has 0 saturated heterocycles. The fraction of sp³-hybridized carbons (Fsp3) is 0.378. The van der Waals surface area contributed by atoms with Gasteiger partial charge in [0.2, 0.25) is 0 Å². The molecule has 2 heteroatoms. The van der Waals surface area contributed by atoms with Crippen molar-refractivity contribution >= 4 is 0 Å². The SMILES string of the molecule is CC(C)c1ccc(F)cc1.CC(C)c1ccccc1.Cc1cccc(C(C)C)c1.Cc1cccc(C(C)C)n1. The van der Waals surface area contributed by atoms with Gasteiger partial charge in [0.05, 0.1) is 0 Å². The van der Waals surface area contributed by atoms with Crippen molar-refractivity contribution in [3.05, 3.63) is 137 Å². The molecule has 1 heterocycles. The van der Waals surface area contributed by atoms with Gasteiger partial charge in [0.1, 0.15) is 5.82 Å². The molecule has 0 bridgehead atoms. The standard InChI is InChI=1S/C10H14.C9H11F.C9H13N.C9H12/c1-8(2)10-6-4-5-9(3)7-10;1-7(2)8-3-5-9(10)6-4-8;1-7(2)9-6-4-5-8(3)10-9;1-8(2)9-6-4-3-5-7-9/h4-8H,1-3H3;3-7H,1-2H3;4-7H,1-3H3;3-8H,1-2H3. The van der Waals surface area contributed by atoms with E-state index < -0.39 is 0 Å². The number of hydrogen-bond donors (Lipinski definition) is 0. The fourth-order valence-electron chi connectivity index (χ4n) is 3.60. The number of aromatic nitrogens is 1. The Morgan fingerprint density at radius 3 is 1.36 bits per heavy atom. The maximum atomic E-state index is 12.4. The lowest BCUT2D eigenvalue weighted by molar-refractivity contribution is 0.626. The van der Waals surface area contributed by atoms with Gasteiger partial charge in [-0.25, -0.2) is 4.39 Å². The Kier molecular flexibility index (Phi) is 15.7. The van der Waals surface area contributed by atoms with E-state index in [1.807, 2.05) is 31.2 Å². The van der Waals surface area contributed by atoms with Crippen LogP contribution in [-0.4, -0.2) is 4.98 Å². The molecule has 0 fully saturated rings. The molecule has 0 spiro atoms. The molecule has 0 radical (unpaired) electrons. The number of pyridine rings is 1. The normalized spacial score (nSPS) is 10.3. The third-order valence-electron chi connectivity index (χ3n) is 6.21. The van der Waals surface area contributed by atoms with E-state index in [4.69, 9.17) is 0 Å². The minimum absolute atomic E-state index is 0.163. The number of hydrogen-bond acceptors (Lipinski definition) is 1. The van der Waals surface area contributed by atoms with E-state index in [0.29, 0.717) is 23.7 Å². The molecule has 1 aromatic heterocycles. The van der Waals surface area contributed by atoms with Crippen LogP contribution in [0.15, 0.2) is 97.1 Å². The van der Waals surface area contributed by atoms with E-state index in [1.165, 1.54) is 40.1 Å². The van der Waals surface area contributed by atoms with Crippen LogP contribution in [0.25, 0.3) is 0 Å². The first-order valence-electron chi connectivity index (χ1n) is 14.2. The van der Waals surface area contributed by atoms with E-state index >= 15 is 0 Å². The molecule has 0 saturated carbocycles. The Bertz CT molecular complexity index is 1130. The number of rotatable bonds is 4. The van der Waals surface area contributed by atoms with Crippen LogP contribution in [-0.2, 0) is 0 Å². The summed E-state index contributed by atoms with van der Waals surface area (Å²) in [6, 6.07) is 32.0. The van der Waals surface area contributed by atoms with Crippen molar-refractivity contribution in [2.24, 2.45) is 0 Å². The third kappa shape index (κ3) is 14.5. The molecule has 3 aromatic carbocycles. The van der Waals surface area contributed by atoms with Gasteiger partial charge in [0, 0.05) is 11.4 Å². The van der Waals surface area contributed by atoms with Gasteiger partial charge in [-0.15, -0.1) is 0 Å². The van der Waals surface area contributed by atoms with Gasteiger partial charge in [0.15, 0.2) is 0 Å². The first-order valence-corrected chi connectivity index (χ1v) is 14.2. The monoisotopic (exact) mass is 527 g/mol. The topological polar surface area (TPSA) is 12.9 Å². The number of aryl methyl sites for hydroxylation is 2. The summed E-state index contributed by atoms with van der Waals surface area (Å²) in [5.41, 5.74) is 7.66. The molecular formula is C37H50FN. The zero-order valence-corrected chi connectivity index (χ0v) is 25.9. The van der Waals surface area contributed by atoms with Crippen LogP contribution >= 0.6 is 0 Å². The quantitative estimate of drug-likeness (QED) is 0.257. The minimum atomic E-state index is -0.163. The van der Waals surface area contributed by atoms with E-state index in [0.717, 1.165) is 5.69 Å². The highest BCUT2D eigenvalue weighted by Crippen LogP contribution is 2.15. The molecule has 0 aliphatic heterocycles. The Morgan fingerprint density at radius 1 is 0.487 bits per heavy atom. The van der Waals surface area contributed by atoms with Gasteiger partial charge in [0.25, 0.3) is 0 Å². The van der Waals surface area contributed by atoms with Crippen LogP contribution in [0, 0.1) is 19.7 Å². The van der Waals surface area contributed by atoms with Crippen molar-refractivity contribution in [3.63, 3.8) is 0 Å². The lowest BCUT2D eigenvalue weighted by Gasteiger charge is -2.04. The lowest BCUT2D eigenvalue weighted by Crippen LogP contribution is -1.92. The molecule has 0 aliphatic carbocycles. The lowest BCUT2D eigenvalue weighted by atomic mass is 10.0. The van der Waals surface area contributed by atoms with Crippen molar-refractivity contribution in [1.29, 1.82) is 0 Å². The Hall–Kier alpha value is -3.26. The highest BCUT2D eigenvalue weighted by molar-refractivity contribution is 5.24. The predicted octanol–water partition coefficient (Wildman–Crippen LogP) is 11.4. The maximum absolute atomic E-state index is 12.4. The van der Waals surface area contributed by atoms with Gasteiger partial charge in [-0.3, -0.25) is 4.98 Å². The van der Waals surface area contributed by atoms with E-state index in [9.17, 15) is 4.39 Å². The Labute approximate surface area is 238 Å². The third-order valence-corrected chi connectivity index (χ3v) is 6.21. The Balaban J connectivity index is 0.000000260. The summed E-state index contributed by atoms with van der Waals surface area (Å²) in [5.74, 6) is 2.18. The molecular weight excluding hydrogens is 477 g/mol. The van der Waals surface area contributed by atoms with E-state index in [1.54, 1.807) is 0 Å². The first-order chi connectivity index (χ1) is 18.4. The van der Waals surface area contributed by atoms with Gasteiger partial charge >= 0.3 is 0 Å². The largest absolute Gasteiger partial charge is 0.258 e. The molecule has 4 aromatic rings. The predicted molar refractivity (Wildman–Crippen MR) is 169 cm³/mol. The van der Waals surface area contributed by atoms with Gasteiger partial charge in [-0.1, -0.05) is 134 Å². The fourth-order valence-corrected chi connectivity index (χ4v) is 3.60. The molecule has 0 unspecified atom stereocenters.